The predicted octanol–water partition coefficient (Wildman–Crippen LogP) is 2.15. The lowest BCUT2D eigenvalue weighted by atomic mass is 10.2. The minimum atomic E-state index is -1.14. The standard InChI is InChI=1S/C16H17N3O3S/c20-15(18-7-4-9-23-10-8-18)14-11-13(16(21)22)17-19(14)12-5-2-1-3-6-12/h1-3,5-6,11H,4,7-10H2,(H,21,22). The van der Waals surface area contributed by atoms with E-state index >= 15 is 0 Å². The lowest BCUT2D eigenvalue weighted by molar-refractivity contribution is 0.0689. The van der Waals surface area contributed by atoms with Crippen LogP contribution >= 0.6 is 11.8 Å². The Labute approximate surface area is 138 Å². The van der Waals surface area contributed by atoms with Gasteiger partial charge in [0, 0.05) is 24.9 Å². The number of amides is 1. The summed E-state index contributed by atoms with van der Waals surface area (Å²) in [7, 11) is 0. The average Bonchev–Trinajstić information content (AvgIpc) is 2.84. The van der Waals surface area contributed by atoms with Gasteiger partial charge in [0.2, 0.25) is 0 Å². The van der Waals surface area contributed by atoms with Crippen molar-refractivity contribution in [3.8, 4) is 5.69 Å². The Morgan fingerprint density at radius 2 is 1.91 bits per heavy atom. The second kappa shape index (κ2) is 6.87. The fourth-order valence-corrected chi connectivity index (χ4v) is 3.40. The van der Waals surface area contributed by atoms with Gasteiger partial charge in [-0.1, -0.05) is 18.2 Å². The van der Waals surface area contributed by atoms with E-state index in [4.69, 9.17) is 0 Å². The molecule has 1 N–H and O–H groups in total. The molecule has 1 aromatic carbocycles. The monoisotopic (exact) mass is 331 g/mol. The van der Waals surface area contributed by atoms with E-state index in [1.165, 1.54) is 10.7 Å². The van der Waals surface area contributed by atoms with Crippen LogP contribution in [0.15, 0.2) is 36.4 Å². The highest BCUT2D eigenvalue weighted by atomic mass is 32.2. The molecule has 0 saturated carbocycles. The second-order valence-corrected chi connectivity index (χ2v) is 6.45. The summed E-state index contributed by atoms with van der Waals surface area (Å²) in [6.07, 6.45) is 0.946. The Balaban J connectivity index is 1.99. The number of para-hydroxylation sites is 1. The summed E-state index contributed by atoms with van der Waals surface area (Å²) in [5.74, 6) is 0.635. The van der Waals surface area contributed by atoms with Gasteiger partial charge >= 0.3 is 5.97 Å². The van der Waals surface area contributed by atoms with Crippen LogP contribution in [0.5, 0.6) is 0 Å². The summed E-state index contributed by atoms with van der Waals surface area (Å²) in [5, 5.41) is 13.3. The van der Waals surface area contributed by atoms with Crippen LogP contribution in [0.4, 0.5) is 0 Å². The molecule has 3 rings (SSSR count). The van der Waals surface area contributed by atoms with E-state index in [9.17, 15) is 14.7 Å². The van der Waals surface area contributed by atoms with Crippen LogP contribution in [0.25, 0.3) is 5.69 Å². The Bertz CT molecular complexity index is 707. The molecule has 1 aliphatic heterocycles. The third kappa shape index (κ3) is 3.39. The molecule has 120 valence electrons. The van der Waals surface area contributed by atoms with Crippen molar-refractivity contribution < 1.29 is 14.7 Å². The number of nitrogens with zero attached hydrogens (tertiary/aromatic N) is 3. The highest BCUT2D eigenvalue weighted by molar-refractivity contribution is 7.99. The second-order valence-electron chi connectivity index (χ2n) is 5.23. The molecule has 23 heavy (non-hydrogen) atoms. The normalized spacial score (nSPS) is 15.2. The molecular formula is C16H17N3O3S. The molecule has 0 spiro atoms. The molecule has 1 amide bonds. The fraction of sp³-hybridized carbons (Fsp3) is 0.312. The molecule has 0 atom stereocenters. The Kier molecular flexibility index (Phi) is 4.66. The van der Waals surface area contributed by atoms with Crippen molar-refractivity contribution in [1.29, 1.82) is 0 Å². The first-order chi connectivity index (χ1) is 11.2. The van der Waals surface area contributed by atoms with Gasteiger partial charge in [0.15, 0.2) is 5.69 Å². The molecule has 2 aromatic rings. The molecule has 0 bridgehead atoms. The minimum absolute atomic E-state index is 0.124. The van der Waals surface area contributed by atoms with Crippen molar-refractivity contribution in [2.24, 2.45) is 0 Å². The molecule has 0 aliphatic carbocycles. The van der Waals surface area contributed by atoms with Crippen molar-refractivity contribution in [2.45, 2.75) is 6.42 Å². The molecule has 2 heterocycles. The Morgan fingerprint density at radius 3 is 2.65 bits per heavy atom. The molecule has 0 radical (unpaired) electrons. The fourth-order valence-electron chi connectivity index (χ4n) is 2.52. The molecule has 6 nitrogen and oxygen atoms in total. The average molecular weight is 331 g/mol. The molecular weight excluding hydrogens is 314 g/mol. The number of carbonyl (C=O) groups is 2. The zero-order valence-corrected chi connectivity index (χ0v) is 13.3. The SMILES string of the molecule is O=C(O)c1cc(C(=O)N2CCCSCC2)n(-c2ccccc2)n1. The van der Waals surface area contributed by atoms with Crippen LogP contribution in [-0.4, -0.2) is 56.3 Å². The molecule has 7 heteroatoms. The summed E-state index contributed by atoms with van der Waals surface area (Å²) in [6.45, 7) is 1.36. The third-order valence-electron chi connectivity index (χ3n) is 3.66. The maximum Gasteiger partial charge on any atom is 0.356 e. The van der Waals surface area contributed by atoms with Gasteiger partial charge in [0.05, 0.1) is 5.69 Å². The van der Waals surface area contributed by atoms with Gasteiger partial charge in [-0.3, -0.25) is 4.79 Å². The smallest absolute Gasteiger partial charge is 0.356 e. The largest absolute Gasteiger partial charge is 0.476 e. The van der Waals surface area contributed by atoms with Crippen LogP contribution in [0, 0.1) is 0 Å². The van der Waals surface area contributed by atoms with Crippen LogP contribution in [0.1, 0.15) is 27.4 Å². The van der Waals surface area contributed by atoms with Crippen molar-refractivity contribution in [2.75, 3.05) is 24.6 Å². The number of thioether (sulfide) groups is 1. The Morgan fingerprint density at radius 1 is 1.13 bits per heavy atom. The maximum absolute atomic E-state index is 12.8. The van der Waals surface area contributed by atoms with E-state index in [0.717, 1.165) is 17.9 Å². The zero-order valence-electron chi connectivity index (χ0n) is 12.5. The lowest BCUT2D eigenvalue weighted by Gasteiger charge is -2.20. The van der Waals surface area contributed by atoms with Gasteiger partial charge in [0.25, 0.3) is 5.91 Å². The minimum Gasteiger partial charge on any atom is -0.476 e. The first kappa shape index (κ1) is 15.6. The molecule has 1 saturated heterocycles. The van der Waals surface area contributed by atoms with Crippen LogP contribution in [0.2, 0.25) is 0 Å². The zero-order chi connectivity index (χ0) is 16.2. The quantitative estimate of drug-likeness (QED) is 0.933. The van der Waals surface area contributed by atoms with E-state index in [0.29, 0.717) is 24.5 Å². The molecule has 1 aromatic heterocycles. The van der Waals surface area contributed by atoms with Crippen molar-refractivity contribution in [3.63, 3.8) is 0 Å². The number of carboxylic acids is 1. The highest BCUT2D eigenvalue weighted by Gasteiger charge is 2.24. The summed E-state index contributed by atoms with van der Waals surface area (Å²) in [5.41, 5.74) is 0.842. The van der Waals surface area contributed by atoms with Crippen LogP contribution in [0.3, 0.4) is 0 Å². The van der Waals surface area contributed by atoms with Gasteiger partial charge in [-0.2, -0.15) is 16.9 Å². The van der Waals surface area contributed by atoms with Gasteiger partial charge in [-0.05, 0) is 24.3 Å². The maximum atomic E-state index is 12.8. The van der Waals surface area contributed by atoms with Crippen LogP contribution in [-0.2, 0) is 0 Å². The van der Waals surface area contributed by atoms with E-state index < -0.39 is 5.97 Å². The van der Waals surface area contributed by atoms with E-state index in [1.54, 1.807) is 17.0 Å². The number of hydrogen-bond acceptors (Lipinski definition) is 4. The summed E-state index contributed by atoms with van der Waals surface area (Å²) >= 11 is 1.83. The first-order valence-electron chi connectivity index (χ1n) is 7.42. The highest BCUT2D eigenvalue weighted by Crippen LogP contribution is 2.17. The van der Waals surface area contributed by atoms with Crippen molar-refractivity contribution >= 4 is 23.6 Å². The number of benzene rings is 1. The summed E-state index contributed by atoms with van der Waals surface area (Å²) in [4.78, 5) is 25.9. The summed E-state index contributed by atoms with van der Waals surface area (Å²) < 4.78 is 1.42. The number of carboxylic acid groups (broad SMARTS) is 1. The van der Waals surface area contributed by atoms with Gasteiger partial charge < -0.3 is 10.0 Å². The summed E-state index contributed by atoms with van der Waals surface area (Å²) in [6, 6.07) is 10.5. The topological polar surface area (TPSA) is 75.4 Å². The number of carbonyl (C=O) groups excluding carboxylic acids is 1. The van der Waals surface area contributed by atoms with Gasteiger partial charge in [-0.25, -0.2) is 9.48 Å². The van der Waals surface area contributed by atoms with Crippen molar-refractivity contribution in [1.82, 2.24) is 14.7 Å². The number of aromatic carboxylic acids is 1. The van der Waals surface area contributed by atoms with Crippen LogP contribution < -0.4 is 0 Å². The molecule has 1 aliphatic rings. The Hall–Kier alpha value is -2.28. The van der Waals surface area contributed by atoms with Crippen molar-refractivity contribution in [3.05, 3.63) is 47.8 Å². The molecule has 0 unspecified atom stereocenters. The molecule has 1 fully saturated rings. The van der Waals surface area contributed by atoms with E-state index in [1.807, 2.05) is 30.0 Å². The van der Waals surface area contributed by atoms with Gasteiger partial charge in [0.1, 0.15) is 5.69 Å². The third-order valence-corrected chi connectivity index (χ3v) is 4.71. The van der Waals surface area contributed by atoms with E-state index in [2.05, 4.69) is 5.10 Å². The number of hydrogen-bond donors (Lipinski definition) is 1. The first-order valence-corrected chi connectivity index (χ1v) is 8.58. The van der Waals surface area contributed by atoms with Gasteiger partial charge in [-0.15, -0.1) is 0 Å². The lowest BCUT2D eigenvalue weighted by Crippen LogP contribution is -2.34. The predicted molar refractivity (Wildman–Crippen MR) is 88.4 cm³/mol. The number of rotatable bonds is 3. The van der Waals surface area contributed by atoms with E-state index in [-0.39, 0.29) is 11.6 Å². The number of aromatic nitrogens is 2.